The number of allylic oxidation sites excluding steroid dienone is 11. The Morgan fingerprint density at radius 1 is 0.427 bits per heavy atom. The molecule has 0 aliphatic heterocycles. The van der Waals surface area contributed by atoms with Gasteiger partial charge in [0.25, 0.3) is 0 Å². The Labute approximate surface area is 510 Å². The summed E-state index contributed by atoms with van der Waals surface area (Å²) < 4.78 is 23.8. The number of likely N-dealkylation sites (N-methyl/N-ethyl adjacent to an activating group) is 1. The van der Waals surface area contributed by atoms with Crippen LogP contribution in [0, 0.1) is 0 Å². The molecule has 8 nitrogen and oxygen atoms in total. The van der Waals surface area contributed by atoms with Crippen molar-refractivity contribution in [1.82, 2.24) is 5.32 Å². The lowest BCUT2D eigenvalue weighted by molar-refractivity contribution is -0.870. The second kappa shape index (κ2) is 63.4. The molecular weight excluding hydrogens is 1030 g/mol. The Morgan fingerprint density at radius 2 is 0.744 bits per heavy atom. The summed E-state index contributed by atoms with van der Waals surface area (Å²) in [6.45, 7) is 4.72. The molecule has 82 heavy (non-hydrogen) atoms. The largest absolute Gasteiger partial charge is 0.472 e. The molecule has 0 aromatic carbocycles. The van der Waals surface area contributed by atoms with Crippen LogP contribution < -0.4 is 5.32 Å². The second-order valence-corrected chi connectivity index (χ2v) is 26.7. The third-order valence-electron chi connectivity index (χ3n) is 15.9. The highest BCUT2D eigenvalue weighted by molar-refractivity contribution is 7.47. The first-order chi connectivity index (χ1) is 40.0. The van der Waals surface area contributed by atoms with Gasteiger partial charge < -0.3 is 19.8 Å². The standard InChI is InChI=1S/C73H137N2O6P/c1-6-8-10-12-14-16-18-20-22-24-26-27-28-29-30-31-32-33-34-35-36-37-38-39-40-41-42-43-44-45-46-47-49-51-53-55-57-59-61-63-65-67-73(77)74-71(70-81-82(78,79)80-69-68-75(3,4)5)72(76)66-64-62-60-58-56-54-52-50-48-25-23-21-19-17-15-13-11-9-7-2/h8,10,14,16,20,22,26-27,56,58,64,66,71-72,76H,6-7,9,11-13,15,17-19,21,23-25,28-55,57,59-63,65,67-70H2,1-5H3,(H-,74,77,78,79)/p+1/b10-8-,16-14-,22-20-,27-26-,58-56+,66-64+. The van der Waals surface area contributed by atoms with E-state index >= 15 is 0 Å². The van der Waals surface area contributed by atoms with Crippen LogP contribution in [0.4, 0.5) is 0 Å². The molecule has 9 heteroatoms. The molecule has 0 aromatic rings. The summed E-state index contributed by atoms with van der Waals surface area (Å²) in [5, 5.41) is 14.0. The molecule has 3 atom stereocenters. The monoisotopic (exact) mass is 1170 g/mol. The molecule has 0 saturated heterocycles. The van der Waals surface area contributed by atoms with Crippen molar-refractivity contribution in [3.63, 3.8) is 0 Å². The van der Waals surface area contributed by atoms with Crippen molar-refractivity contribution in [1.29, 1.82) is 0 Å². The van der Waals surface area contributed by atoms with E-state index in [9.17, 15) is 19.4 Å². The highest BCUT2D eigenvalue weighted by atomic mass is 31.2. The Bertz CT molecular complexity index is 1570. The van der Waals surface area contributed by atoms with Gasteiger partial charge in [-0.2, -0.15) is 0 Å². The van der Waals surface area contributed by atoms with E-state index in [-0.39, 0.29) is 19.1 Å². The summed E-state index contributed by atoms with van der Waals surface area (Å²) in [5.41, 5.74) is 0. The van der Waals surface area contributed by atoms with E-state index in [0.29, 0.717) is 17.4 Å². The number of hydrogen-bond acceptors (Lipinski definition) is 5. The van der Waals surface area contributed by atoms with Crippen LogP contribution in [0.1, 0.15) is 335 Å². The van der Waals surface area contributed by atoms with Crippen LogP contribution in [0.25, 0.3) is 0 Å². The highest BCUT2D eigenvalue weighted by Gasteiger charge is 2.28. The van der Waals surface area contributed by atoms with E-state index in [1.807, 2.05) is 27.2 Å². The van der Waals surface area contributed by atoms with E-state index in [4.69, 9.17) is 9.05 Å². The fourth-order valence-electron chi connectivity index (χ4n) is 10.5. The van der Waals surface area contributed by atoms with Crippen LogP contribution in [0.5, 0.6) is 0 Å². The molecule has 0 spiro atoms. The van der Waals surface area contributed by atoms with Gasteiger partial charge in [-0.1, -0.05) is 331 Å². The number of aliphatic hydroxyl groups excluding tert-OH is 1. The molecule has 0 rings (SSSR count). The first-order valence-corrected chi connectivity index (χ1v) is 36.8. The number of unbranched alkanes of at least 4 members (excludes halogenated alkanes) is 42. The molecule has 0 aliphatic rings. The van der Waals surface area contributed by atoms with Crippen molar-refractivity contribution in [2.24, 2.45) is 0 Å². The lowest BCUT2D eigenvalue weighted by Gasteiger charge is -2.25. The van der Waals surface area contributed by atoms with Crippen molar-refractivity contribution >= 4 is 13.7 Å². The number of carbonyl (C=O) groups excluding carboxylic acids is 1. The SMILES string of the molecule is CC/C=C\C/C=C\C/C=C\C/C=C\CCCCCCCCCCCCCCCCCCCCCCCCCCCCCCC(=O)NC(COP(=O)(O)OCC[N+](C)(C)C)C(O)/C=C/CC/C=C/CCCCCCCCCCCCCCC. The Balaban J connectivity index is 3.92. The molecule has 3 unspecified atom stereocenters. The number of amides is 1. The first kappa shape index (κ1) is 79.9. The molecule has 0 aliphatic carbocycles. The van der Waals surface area contributed by atoms with Crippen LogP contribution in [-0.4, -0.2) is 73.4 Å². The Morgan fingerprint density at radius 3 is 1.12 bits per heavy atom. The van der Waals surface area contributed by atoms with Crippen LogP contribution in [0.2, 0.25) is 0 Å². The fourth-order valence-corrected chi connectivity index (χ4v) is 11.2. The van der Waals surface area contributed by atoms with Crippen molar-refractivity contribution in [3.05, 3.63) is 72.9 Å². The number of phosphoric acid groups is 1. The lowest BCUT2D eigenvalue weighted by Crippen LogP contribution is -2.45. The average molecular weight is 1170 g/mol. The zero-order valence-electron chi connectivity index (χ0n) is 55.0. The summed E-state index contributed by atoms with van der Waals surface area (Å²) in [7, 11) is 1.57. The number of phosphoric ester groups is 1. The zero-order valence-corrected chi connectivity index (χ0v) is 55.9. The van der Waals surface area contributed by atoms with Crippen molar-refractivity contribution in [2.45, 2.75) is 347 Å². The predicted molar refractivity (Wildman–Crippen MR) is 360 cm³/mol. The van der Waals surface area contributed by atoms with E-state index in [2.05, 4.69) is 79.9 Å². The van der Waals surface area contributed by atoms with E-state index < -0.39 is 20.0 Å². The van der Waals surface area contributed by atoms with Gasteiger partial charge in [-0.25, -0.2) is 4.57 Å². The van der Waals surface area contributed by atoms with Gasteiger partial charge in [0, 0.05) is 6.42 Å². The summed E-state index contributed by atoms with van der Waals surface area (Å²) in [4.78, 5) is 23.4. The van der Waals surface area contributed by atoms with Gasteiger partial charge in [0.1, 0.15) is 13.2 Å². The molecule has 0 heterocycles. The summed E-state index contributed by atoms with van der Waals surface area (Å²) in [5.74, 6) is -0.181. The minimum Gasteiger partial charge on any atom is -0.387 e. The molecule has 3 N–H and O–H groups in total. The predicted octanol–water partition coefficient (Wildman–Crippen LogP) is 22.6. The minimum absolute atomic E-state index is 0.0569. The van der Waals surface area contributed by atoms with Gasteiger partial charge in [0.05, 0.1) is 39.9 Å². The fraction of sp³-hybridized carbons (Fsp3) is 0.822. The summed E-state index contributed by atoms with van der Waals surface area (Å²) in [6.07, 6.45) is 89.3. The molecular formula is C73H138N2O6P+. The first-order valence-electron chi connectivity index (χ1n) is 35.3. The van der Waals surface area contributed by atoms with Crippen LogP contribution in [0.15, 0.2) is 72.9 Å². The zero-order chi connectivity index (χ0) is 59.8. The molecule has 0 radical (unpaired) electrons. The lowest BCUT2D eigenvalue weighted by atomic mass is 10.0. The topological polar surface area (TPSA) is 105 Å². The van der Waals surface area contributed by atoms with Gasteiger partial charge in [-0.05, 0) is 70.6 Å². The second-order valence-electron chi connectivity index (χ2n) is 25.2. The summed E-state index contributed by atoms with van der Waals surface area (Å²) in [6, 6.07) is -0.864. The highest BCUT2D eigenvalue weighted by Crippen LogP contribution is 2.43. The van der Waals surface area contributed by atoms with Crippen LogP contribution in [0.3, 0.4) is 0 Å². The number of aliphatic hydroxyl groups is 1. The minimum atomic E-state index is -4.36. The van der Waals surface area contributed by atoms with Crippen molar-refractivity contribution in [3.8, 4) is 0 Å². The molecule has 480 valence electrons. The molecule has 0 aromatic heterocycles. The Hall–Kier alpha value is -2.06. The number of nitrogens with zero attached hydrogens (tertiary/aromatic N) is 1. The Kier molecular flexibility index (Phi) is 61.8. The van der Waals surface area contributed by atoms with Gasteiger partial charge in [-0.15, -0.1) is 0 Å². The third-order valence-corrected chi connectivity index (χ3v) is 16.9. The molecule has 0 fully saturated rings. The molecule has 1 amide bonds. The average Bonchev–Trinajstić information content (AvgIpc) is 3.47. The third kappa shape index (κ3) is 65.5. The molecule has 0 bridgehead atoms. The van der Waals surface area contributed by atoms with Crippen LogP contribution in [-0.2, 0) is 18.4 Å². The normalized spacial score (nSPS) is 14.1. The van der Waals surface area contributed by atoms with Gasteiger partial charge in [0.2, 0.25) is 5.91 Å². The van der Waals surface area contributed by atoms with Crippen LogP contribution >= 0.6 is 7.82 Å². The number of carbonyl (C=O) groups is 1. The molecule has 0 saturated carbocycles. The van der Waals surface area contributed by atoms with Gasteiger partial charge in [-0.3, -0.25) is 13.8 Å². The maximum absolute atomic E-state index is 13.0. The van der Waals surface area contributed by atoms with Crippen molar-refractivity contribution in [2.75, 3.05) is 40.9 Å². The smallest absolute Gasteiger partial charge is 0.387 e. The quantitative estimate of drug-likeness (QED) is 0.0243. The van der Waals surface area contributed by atoms with E-state index in [1.165, 1.54) is 250 Å². The number of quaternary nitrogens is 1. The van der Waals surface area contributed by atoms with Gasteiger partial charge >= 0.3 is 7.82 Å². The maximum Gasteiger partial charge on any atom is 0.472 e. The van der Waals surface area contributed by atoms with E-state index in [1.54, 1.807) is 6.08 Å². The number of nitrogens with one attached hydrogen (secondary N) is 1. The summed E-state index contributed by atoms with van der Waals surface area (Å²) >= 11 is 0. The van der Waals surface area contributed by atoms with E-state index in [0.717, 1.165) is 64.2 Å². The number of rotatable bonds is 65. The van der Waals surface area contributed by atoms with Crippen molar-refractivity contribution < 1.29 is 32.9 Å². The van der Waals surface area contributed by atoms with Gasteiger partial charge in [0.15, 0.2) is 0 Å². The number of hydrogen-bond donors (Lipinski definition) is 3. The maximum atomic E-state index is 13.0.